The van der Waals surface area contributed by atoms with Crippen LogP contribution in [-0.2, 0) is 22.6 Å². The third kappa shape index (κ3) is 3.66. The Hall–Kier alpha value is -4.00. The quantitative estimate of drug-likeness (QED) is 0.337. The Bertz CT molecular complexity index is 1400. The van der Waals surface area contributed by atoms with Crippen molar-refractivity contribution in [2.75, 3.05) is 0 Å². The second kappa shape index (κ2) is 7.68. The van der Waals surface area contributed by atoms with Crippen LogP contribution < -0.4 is 0 Å². The van der Waals surface area contributed by atoms with Crippen molar-refractivity contribution in [3.63, 3.8) is 0 Å². The predicted octanol–water partition coefficient (Wildman–Crippen LogP) is 5.81. The number of hydrogen-bond acceptors (Lipinski definition) is 5. The molecule has 0 aliphatic carbocycles. The number of halogens is 2. The van der Waals surface area contributed by atoms with E-state index in [4.69, 9.17) is 13.6 Å². The molecule has 0 aliphatic rings. The molecule has 154 valence electrons. The number of oxazole rings is 1. The summed E-state index contributed by atoms with van der Waals surface area (Å²) in [7, 11) is 0. The van der Waals surface area contributed by atoms with Gasteiger partial charge in [0, 0.05) is 5.39 Å². The topological polar surface area (TPSA) is 65.5 Å². The third-order valence-corrected chi connectivity index (χ3v) is 4.91. The minimum absolute atomic E-state index is 0.0599. The maximum absolute atomic E-state index is 13.9. The Morgan fingerprint density at radius 3 is 2.61 bits per heavy atom. The first kappa shape index (κ1) is 19.0. The van der Waals surface area contributed by atoms with Crippen molar-refractivity contribution in [1.82, 2.24) is 4.98 Å². The molecule has 2 aromatic heterocycles. The molecule has 0 atom stereocenters. The largest absolute Gasteiger partial charge is 0.460 e. The summed E-state index contributed by atoms with van der Waals surface area (Å²) in [5.74, 6) is -1.84. The highest BCUT2D eigenvalue weighted by molar-refractivity contribution is 6.06. The van der Waals surface area contributed by atoms with Crippen molar-refractivity contribution in [3.8, 4) is 11.5 Å². The van der Waals surface area contributed by atoms with Gasteiger partial charge in [0.25, 0.3) is 0 Å². The fourth-order valence-corrected chi connectivity index (χ4v) is 3.47. The molecule has 3 aromatic carbocycles. The molecule has 0 unspecified atom stereocenters. The Balaban J connectivity index is 1.28. The maximum Gasteiger partial charge on any atom is 0.313 e. The smallest absolute Gasteiger partial charge is 0.313 e. The summed E-state index contributed by atoms with van der Waals surface area (Å²) < 4.78 is 43.8. The van der Waals surface area contributed by atoms with Gasteiger partial charge in [-0.15, -0.1) is 0 Å². The maximum atomic E-state index is 13.9. The highest BCUT2D eigenvalue weighted by Crippen LogP contribution is 2.29. The molecule has 2 heterocycles. The van der Waals surface area contributed by atoms with Gasteiger partial charge in [0.05, 0.1) is 0 Å². The van der Waals surface area contributed by atoms with Crippen LogP contribution in [-0.4, -0.2) is 11.0 Å². The molecule has 5 aromatic rings. The minimum atomic E-state index is -0.789. The lowest BCUT2D eigenvalue weighted by atomic mass is 10.1. The van der Waals surface area contributed by atoms with E-state index in [1.54, 1.807) is 0 Å². The van der Waals surface area contributed by atoms with Gasteiger partial charge in [0.2, 0.25) is 5.89 Å². The van der Waals surface area contributed by atoms with Crippen LogP contribution in [0.4, 0.5) is 8.78 Å². The average Bonchev–Trinajstić information content (AvgIpc) is 3.39. The number of furan rings is 1. The number of ether oxygens (including phenoxy) is 1. The minimum Gasteiger partial charge on any atom is -0.460 e. The number of nitrogens with zero attached hydrogens (tertiary/aromatic N) is 1. The van der Waals surface area contributed by atoms with Crippen molar-refractivity contribution >= 4 is 27.7 Å². The normalized spacial score (nSPS) is 11.3. The number of aromatic nitrogens is 1. The summed E-state index contributed by atoms with van der Waals surface area (Å²) in [6, 6.07) is 17.0. The fourth-order valence-electron chi connectivity index (χ4n) is 3.47. The zero-order chi connectivity index (χ0) is 21.4. The summed E-state index contributed by atoms with van der Waals surface area (Å²) in [6.07, 6.45) is 1.14. The summed E-state index contributed by atoms with van der Waals surface area (Å²) in [5.41, 5.74) is 0.561. The average molecular weight is 419 g/mol. The molecule has 0 N–H and O–H groups in total. The standard InChI is InChI=1S/C24H15F2NO4/c25-19-6-3-7-20(26)23(19)24-27-15(13-30-24)12-29-22(28)11-16-10-18-17-5-2-1-4-14(17)8-9-21(18)31-16/h1-10,13H,11-12H2. The molecule has 0 fully saturated rings. The van der Waals surface area contributed by atoms with Gasteiger partial charge in [-0.25, -0.2) is 13.8 Å². The second-order valence-corrected chi connectivity index (χ2v) is 6.99. The van der Waals surface area contributed by atoms with Gasteiger partial charge < -0.3 is 13.6 Å². The number of hydrogen-bond donors (Lipinski definition) is 0. The van der Waals surface area contributed by atoms with Gasteiger partial charge in [0.15, 0.2) is 0 Å². The van der Waals surface area contributed by atoms with Crippen molar-refractivity contribution in [2.45, 2.75) is 13.0 Å². The summed E-state index contributed by atoms with van der Waals surface area (Å²) in [5, 5.41) is 3.05. The van der Waals surface area contributed by atoms with E-state index in [0.717, 1.165) is 28.3 Å². The second-order valence-electron chi connectivity index (χ2n) is 6.99. The van der Waals surface area contributed by atoms with Crippen LogP contribution in [0.1, 0.15) is 11.5 Å². The van der Waals surface area contributed by atoms with Crippen LogP contribution in [0.25, 0.3) is 33.2 Å². The van der Waals surface area contributed by atoms with Crippen LogP contribution in [0.5, 0.6) is 0 Å². The molecule has 0 bridgehead atoms. The first-order valence-corrected chi connectivity index (χ1v) is 9.53. The lowest BCUT2D eigenvalue weighted by molar-refractivity contribution is -0.144. The first-order chi connectivity index (χ1) is 15.1. The zero-order valence-electron chi connectivity index (χ0n) is 16.1. The van der Waals surface area contributed by atoms with Crippen molar-refractivity contribution in [1.29, 1.82) is 0 Å². The Labute approximate surface area is 174 Å². The molecule has 5 rings (SSSR count). The van der Waals surface area contributed by atoms with Crippen LogP contribution in [0.2, 0.25) is 0 Å². The SMILES string of the molecule is O=C(Cc1cc2c(ccc3ccccc32)o1)OCc1coc(-c2c(F)cccc2F)n1. The molecule has 0 aliphatic heterocycles. The molecule has 0 spiro atoms. The van der Waals surface area contributed by atoms with Gasteiger partial charge >= 0.3 is 5.97 Å². The van der Waals surface area contributed by atoms with Crippen LogP contribution >= 0.6 is 0 Å². The molecule has 31 heavy (non-hydrogen) atoms. The van der Waals surface area contributed by atoms with Gasteiger partial charge in [-0.2, -0.15) is 0 Å². The monoisotopic (exact) mass is 419 g/mol. The summed E-state index contributed by atoms with van der Waals surface area (Å²) in [4.78, 5) is 16.3. The highest BCUT2D eigenvalue weighted by Gasteiger charge is 2.18. The van der Waals surface area contributed by atoms with E-state index in [-0.39, 0.29) is 30.2 Å². The molecule has 0 amide bonds. The Morgan fingerprint density at radius 1 is 0.968 bits per heavy atom. The number of esters is 1. The first-order valence-electron chi connectivity index (χ1n) is 9.53. The number of fused-ring (bicyclic) bond motifs is 3. The molecule has 0 radical (unpaired) electrons. The molecule has 0 saturated heterocycles. The van der Waals surface area contributed by atoms with Gasteiger partial charge in [-0.3, -0.25) is 4.79 Å². The van der Waals surface area contributed by atoms with E-state index in [0.29, 0.717) is 11.3 Å². The number of rotatable bonds is 5. The van der Waals surface area contributed by atoms with Gasteiger partial charge in [-0.1, -0.05) is 36.4 Å². The Morgan fingerprint density at radius 2 is 1.77 bits per heavy atom. The van der Waals surface area contributed by atoms with Gasteiger partial charge in [0.1, 0.15) is 53.5 Å². The lowest BCUT2D eigenvalue weighted by Crippen LogP contribution is -2.07. The fraction of sp³-hybridized carbons (Fsp3) is 0.0833. The molecule has 7 heteroatoms. The van der Waals surface area contributed by atoms with E-state index in [1.807, 2.05) is 42.5 Å². The summed E-state index contributed by atoms with van der Waals surface area (Å²) in [6.45, 7) is -0.193. The zero-order valence-corrected chi connectivity index (χ0v) is 16.1. The van der Waals surface area contributed by atoms with Crippen molar-refractivity contribution in [2.24, 2.45) is 0 Å². The van der Waals surface area contributed by atoms with Crippen LogP contribution in [0.3, 0.4) is 0 Å². The predicted molar refractivity (Wildman–Crippen MR) is 109 cm³/mol. The number of carbonyl (C=O) groups is 1. The van der Waals surface area contributed by atoms with E-state index in [2.05, 4.69) is 4.98 Å². The Kier molecular flexibility index (Phi) is 4.71. The van der Waals surface area contributed by atoms with E-state index in [1.165, 1.54) is 12.3 Å². The van der Waals surface area contributed by atoms with Crippen LogP contribution in [0, 0.1) is 11.6 Å². The third-order valence-electron chi connectivity index (χ3n) is 4.91. The van der Waals surface area contributed by atoms with E-state index in [9.17, 15) is 13.6 Å². The van der Waals surface area contributed by atoms with E-state index < -0.39 is 17.6 Å². The van der Waals surface area contributed by atoms with Crippen molar-refractivity contribution in [3.05, 3.63) is 90.0 Å². The van der Waals surface area contributed by atoms with Gasteiger partial charge in [-0.05, 0) is 35.0 Å². The van der Waals surface area contributed by atoms with E-state index >= 15 is 0 Å². The molecular formula is C24H15F2NO4. The molecule has 5 nitrogen and oxygen atoms in total. The van der Waals surface area contributed by atoms with Crippen LogP contribution in [0.15, 0.2) is 75.8 Å². The number of benzene rings is 3. The lowest BCUT2D eigenvalue weighted by Gasteiger charge is -2.01. The molecule has 0 saturated carbocycles. The highest BCUT2D eigenvalue weighted by atomic mass is 19.1. The molecular weight excluding hydrogens is 404 g/mol. The van der Waals surface area contributed by atoms with Crippen molar-refractivity contribution < 1.29 is 27.1 Å². The number of carbonyl (C=O) groups excluding carboxylic acids is 1. The summed E-state index contributed by atoms with van der Waals surface area (Å²) >= 11 is 0.